The summed E-state index contributed by atoms with van der Waals surface area (Å²) in [6, 6.07) is 28.2. The minimum atomic E-state index is -0.407. The van der Waals surface area contributed by atoms with Gasteiger partial charge in [0.1, 0.15) is 0 Å². The first-order valence-electron chi connectivity index (χ1n) is 8.12. The van der Waals surface area contributed by atoms with Crippen LogP contribution in [0.3, 0.4) is 0 Å². The Bertz CT molecular complexity index is 755. The Morgan fingerprint density at radius 1 is 0.708 bits per heavy atom. The van der Waals surface area contributed by atoms with Crippen molar-refractivity contribution in [1.29, 1.82) is 0 Å². The lowest BCUT2D eigenvalue weighted by Gasteiger charge is -2.26. The number of aryl methyl sites for hydroxylation is 1. The summed E-state index contributed by atoms with van der Waals surface area (Å²) >= 11 is 0. The van der Waals surface area contributed by atoms with Crippen molar-refractivity contribution in [2.75, 3.05) is 0 Å². The van der Waals surface area contributed by atoms with Gasteiger partial charge in [-0.2, -0.15) is 0 Å². The lowest BCUT2D eigenvalue weighted by atomic mass is 9.76. The van der Waals surface area contributed by atoms with Crippen molar-refractivity contribution in [3.8, 4) is 0 Å². The zero-order chi connectivity index (χ0) is 16.9. The standard InChI is InChI=1S/C22H21NO/c1-16-12-14-19(15-13-16)21(22(23)24)20(17-8-4-2-5-9-17)18-10-6-3-7-11-18/h2-15,20-21H,1H3,(H2,23,24). The van der Waals surface area contributed by atoms with E-state index in [1.54, 1.807) is 0 Å². The molecule has 1 amide bonds. The van der Waals surface area contributed by atoms with Crippen molar-refractivity contribution in [1.82, 2.24) is 0 Å². The molecule has 120 valence electrons. The maximum absolute atomic E-state index is 12.4. The number of hydrogen-bond acceptors (Lipinski definition) is 1. The normalized spacial score (nSPS) is 12.1. The summed E-state index contributed by atoms with van der Waals surface area (Å²) in [6.45, 7) is 2.04. The van der Waals surface area contributed by atoms with Gasteiger partial charge in [0.25, 0.3) is 0 Å². The molecule has 1 atom stereocenters. The van der Waals surface area contributed by atoms with Gasteiger partial charge in [-0.3, -0.25) is 4.79 Å². The average Bonchev–Trinajstić information content (AvgIpc) is 2.62. The van der Waals surface area contributed by atoms with E-state index >= 15 is 0 Å². The third-order valence-corrected chi connectivity index (χ3v) is 4.39. The highest BCUT2D eigenvalue weighted by molar-refractivity contribution is 5.84. The summed E-state index contributed by atoms with van der Waals surface area (Å²) in [5.41, 5.74) is 10.1. The maximum atomic E-state index is 12.4. The van der Waals surface area contributed by atoms with Crippen LogP contribution in [-0.2, 0) is 4.79 Å². The van der Waals surface area contributed by atoms with E-state index in [4.69, 9.17) is 5.73 Å². The van der Waals surface area contributed by atoms with Crippen molar-refractivity contribution in [2.24, 2.45) is 5.73 Å². The van der Waals surface area contributed by atoms with Gasteiger partial charge >= 0.3 is 0 Å². The molecule has 2 heteroatoms. The molecular formula is C22H21NO. The molecule has 0 spiro atoms. The summed E-state index contributed by atoms with van der Waals surface area (Å²) in [4.78, 5) is 12.4. The topological polar surface area (TPSA) is 43.1 Å². The predicted molar refractivity (Wildman–Crippen MR) is 97.8 cm³/mol. The van der Waals surface area contributed by atoms with E-state index in [2.05, 4.69) is 24.3 Å². The zero-order valence-electron chi connectivity index (χ0n) is 13.7. The number of carbonyl (C=O) groups is 1. The summed E-state index contributed by atoms with van der Waals surface area (Å²) in [5.74, 6) is -0.820. The summed E-state index contributed by atoms with van der Waals surface area (Å²) < 4.78 is 0. The molecule has 2 N–H and O–H groups in total. The Morgan fingerprint density at radius 2 is 1.17 bits per heavy atom. The number of carbonyl (C=O) groups excluding carboxylic acids is 1. The fraction of sp³-hybridized carbons (Fsp3) is 0.136. The Labute approximate surface area is 143 Å². The fourth-order valence-electron chi connectivity index (χ4n) is 3.19. The Kier molecular flexibility index (Phi) is 4.76. The second kappa shape index (κ2) is 7.14. The molecular weight excluding hydrogens is 294 g/mol. The summed E-state index contributed by atoms with van der Waals surface area (Å²) in [5, 5.41) is 0. The first-order valence-corrected chi connectivity index (χ1v) is 8.12. The molecule has 3 rings (SSSR count). The van der Waals surface area contributed by atoms with E-state index in [9.17, 15) is 4.79 Å². The molecule has 0 bridgehead atoms. The molecule has 0 fully saturated rings. The molecule has 1 unspecified atom stereocenters. The summed E-state index contributed by atoms with van der Waals surface area (Å²) in [6.07, 6.45) is 0. The minimum absolute atomic E-state index is 0.104. The highest BCUT2D eigenvalue weighted by Gasteiger charge is 2.30. The molecule has 0 aromatic heterocycles. The first-order chi connectivity index (χ1) is 11.7. The second-order valence-electron chi connectivity index (χ2n) is 6.09. The quantitative estimate of drug-likeness (QED) is 0.745. The van der Waals surface area contributed by atoms with Crippen LogP contribution in [0, 0.1) is 6.92 Å². The van der Waals surface area contributed by atoms with E-state index in [0.29, 0.717) is 0 Å². The van der Waals surface area contributed by atoms with Crippen LogP contribution in [0.2, 0.25) is 0 Å². The number of rotatable bonds is 5. The highest BCUT2D eigenvalue weighted by Crippen LogP contribution is 2.38. The number of benzene rings is 3. The second-order valence-corrected chi connectivity index (χ2v) is 6.09. The minimum Gasteiger partial charge on any atom is -0.369 e. The molecule has 24 heavy (non-hydrogen) atoms. The molecule has 3 aromatic carbocycles. The molecule has 0 aliphatic carbocycles. The lowest BCUT2D eigenvalue weighted by Crippen LogP contribution is -2.27. The molecule has 0 aliphatic heterocycles. The smallest absolute Gasteiger partial charge is 0.225 e. The number of hydrogen-bond donors (Lipinski definition) is 1. The van der Waals surface area contributed by atoms with E-state index in [-0.39, 0.29) is 11.8 Å². The molecule has 0 radical (unpaired) electrons. The Morgan fingerprint density at radius 3 is 1.58 bits per heavy atom. The number of primary amides is 1. The molecule has 0 saturated heterocycles. The Hall–Kier alpha value is -2.87. The van der Waals surface area contributed by atoms with Gasteiger partial charge in [-0.15, -0.1) is 0 Å². The molecule has 3 aromatic rings. The predicted octanol–water partition coefficient (Wildman–Crippen LogP) is 4.40. The van der Waals surface area contributed by atoms with Crippen molar-refractivity contribution >= 4 is 5.91 Å². The van der Waals surface area contributed by atoms with Crippen LogP contribution in [-0.4, -0.2) is 5.91 Å². The van der Waals surface area contributed by atoms with Crippen LogP contribution in [0.25, 0.3) is 0 Å². The SMILES string of the molecule is Cc1ccc(C(C(N)=O)C(c2ccccc2)c2ccccc2)cc1. The van der Waals surface area contributed by atoms with Crippen LogP contribution in [0.5, 0.6) is 0 Å². The van der Waals surface area contributed by atoms with Crippen LogP contribution in [0.4, 0.5) is 0 Å². The Balaban J connectivity index is 2.15. The van der Waals surface area contributed by atoms with Gasteiger partial charge in [0.15, 0.2) is 0 Å². The average molecular weight is 315 g/mol. The van der Waals surface area contributed by atoms with Crippen LogP contribution < -0.4 is 5.73 Å². The molecule has 0 aliphatic rings. The van der Waals surface area contributed by atoms with Gasteiger partial charge in [0.05, 0.1) is 5.92 Å². The zero-order valence-corrected chi connectivity index (χ0v) is 13.7. The monoisotopic (exact) mass is 315 g/mol. The lowest BCUT2D eigenvalue weighted by molar-refractivity contribution is -0.119. The van der Waals surface area contributed by atoms with E-state index in [1.807, 2.05) is 67.6 Å². The van der Waals surface area contributed by atoms with Gasteiger partial charge in [0.2, 0.25) is 5.91 Å². The molecule has 0 saturated carbocycles. The van der Waals surface area contributed by atoms with E-state index < -0.39 is 5.92 Å². The number of amides is 1. The van der Waals surface area contributed by atoms with E-state index in [0.717, 1.165) is 22.3 Å². The van der Waals surface area contributed by atoms with Crippen LogP contribution >= 0.6 is 0 Å². The summed E-state index contributed by atoms with van der Waals surface area (Å²) in [7, 11) is 0. The van der Waals surface area contributed by atoms with Gasteiger partial charge in [-0.1, -0.05) is 90.5 Å². The van der Waals surface area contributed by atoms with Gasteiger partial charge in [0, 0.05) is 5.92 Å². The third kappa shape index (κ3) is 3.38. The largest absolute Gasteiger partial charge is 0.369 e. The highest BCUT2D eigenvalue weighted by atomic mass is 16.1. The van der Waals surface area contributed by atoms with Crippen LogP contribution in [0.15, 0.2) is 84.9 Å². The van der Waals surface area contributed by atoms with Crippen molar-refractivity contribution in [3.05, 3.63) is 107 Å². The van der Waals surface area contributed by atoms with Gasteiger partial charge in [-0.05, 0) is 23.6 Å². The van der Waals surface area contributed by atoms with Crippen molar-refractivity contribution < 1.29 is 4.79 Å². The number of nitrogens with two attached hydrogens (primary N) is 1. The van der Waals surface area contributed by atoms with Crippen molar-refractivity contribution in [3.63, 3.8) is 0 Å². The molecule has 0 heterocycles. The van der Waals surface area contributed by atoms with Crippen LogP contribution in [0.1, 0.15) is 34.1 Å². The third-order valence-electron chi connectivity index (χ3n) is 4.39. The maximum Gasteiger partial charge on any atom is 0.225 e. The first kappa shape index (κ1) is 16.0. The van der Waals surface area contributed by atoms with Gasteiger partial charge in [-0.25, -0.2) is 0 Å². The van der Waals surface area contributed by atoms with Gasteiger partial charge < -0.3 is 5.73 Å². The molecule has 2 nitrogen and oxygen atoms in total. The van der Waals surface area contributed by atoms with Crippen molar-refractivity contribution in [2.45, 2.75) is 18.8 Å². The fourth-order valence-corrected chi connectivity index (χ4v) is 3.19. The van der Waals surface area contributed by atoms with E-state index in [1.165, 1.54) is 0 Å².